The highest BCUT2D eigenvalue weighted by molar-refractivity contribution is 5.38. The van der Waals surface area contributed by atoms with E-state index in [-0.39, 0.29) is 22.2 Å². The van der Waals surface area contributed by atoms with Gasteiger partial charge in [0, 0.05) is 5.41 Å². The van der Waals surface area contributed by atoms with Gasteiger partial charge in [0.2, 0.25) is 0 Å². The van der Waals surface area contributed by atoms with E-state index in [1.54, 1.807) is 0 Å². The Labute approximate surface area is 251 Å². The van der Waals surface area contributed by atoms with Gasteiger partial charge >= 0.3 is 11.4 Å². The Morgan fingerprint density at radius 3 is 2.26 bits per heavy atom. The molecule has 226 valence electrons. The van der Waals surface area contributed by atoms with Crippen molar-refractivity contribution in [3.8, 4) is 5.69 Å². The first kappa shape index (κ1) is 28.2. The molecule has 0 saturated heterocycles. The minimum Gasteiger partial charge on any atom is -0.245 e. The summed E-state index contributed by atoms with van der Waals surface area (Å²) in [4.78, 5) is 29.3. The van der Waals surface area contributed by atoms with E-state index >= 15 is 0 Å². The highest BCUT2D eigenvalue weighted by atomic mass is 16.2. The molecule has 1 aromatic carbocycles. The van der Waals surface area contributed by atoms with Crippen molar-refractivity contribution in [1.82, 2.24) is 13.9 Å². The molecule has 8 rings (SSSR count). The number of rotatable bonds is 5. The molecule has 2 aliphatic heterocycles. The van der Waals surface area contributed by atoms with Gasteiger partial charge in [0.05, 0.1) is 16.8 Å². The molecule has 5 heteroatoms. The first-order valence-corrected chi connectivity index (χ1v) is 16.8. The van der Waals surface area contributed by atoms with Gasteiger partial charge in [-0.25, -0.2) is 23.5 Å². The Bertz CT molecular complexity index is 1560. The van der Waals surface area contributed by atoms with Crippen LogP contribution in [0, 0.1) is 52.3 Å². The minimum absolute atomic E-state index is 0.0506. The second-order valence-electron chi connectivity index (χ2n) is 16.0. The Kier molecular flexibility index (Phi) is 6.20. The predicted molar refractivity (Wildman–Crippen MR) is 170 cm³/mol. The first-order chi connectivity index (χ1) is 19.9. The fourth-order valence-electron chi connectivity index (χ4n) is 11.3. The van der Waals surface area contributed by atoms with E-state index in [4.69, 9.17) is 0 Å². The molecular formula is C37H51N3O2. The minimum atomic E-state index is -0.468. The molecule has 3 saturated carbocycles. The molecule has 0 radical (unpaired) electrons. The van der Waals surface area contributed by atoms with Gasteiger partial charge in [-0.3, -0.25) is 0 Å². The van der Waals surface area contributed by atoms with Crippen LogP contribution in [0.5, 0.6) is 0 Å². The lowest BCUT2D eigenvalue weighted by molar-refractivity contribution is -0.193. The Balaban J connectivity index is 1.43. The third-order valence-corrected chi connectivity index (χ3v) is 13.8. The number of allylic oxidation sites excluding steroid dienone is 4. The van der Waals surface area contributed by atoms with E-state index < -0.39 is 11.1 Å². The summed E-state index contributed by atoms with van der Waals surface area (Å²) in [5.41, 5.74) is -0.494. The first-order valence-electron chi connectivity index (χ1n) is 16.8. The van der Waals surface area contributed by atoms with Crippen molar-refractivity contribution in [2.24, 2.45) is 52.3 Å². The van der Waals surface area contributed by atoms with E-state index in [0.717, 1.165) is 25.7 Å². The average molecular weight is 570 g/mol. The van der Waals surface area contributed by atoms with Crippen molar-refractivity contribution >= 4 is 0 Å². The third kappa shape index (κ3) is 3.32. The second-order valence-corrected chi connectivity index (χ2v) is 16.0. The molecule has 10 unspecified atom stereocenters. The van der Waals surface area contributed by atoms with Crippen LogP contribution in [0.4, 0.5) is 0 Å². The molecule has 2 spiro atoms. The molecule has 6 aliphatic rings. The molecule has 42 heavy (non-hydrogen) atoms. The molecule has 10 atom stereocenters. The number of para-hydroxylation sites is 1. The van der Waals surface area contributed by atoms with Gasteiger partial charge in [-0.2, -0.15) is 0 Å². The van der Waals surface area contributed by atoms with Crippen LogP contribution in [0.1, 0.15) is 93.4 Å². The van der Waals surface area contributed by atoms with Crippen molar-refractivity contribution < 1.29 is 0 Å². The van der Waals surface area contributed by atoms with Crippen LogP contribution in [0.3, 0.4) is 0 Å². The Morgan fingerprint density at radius 1 is 0.833 bits per heavy atom. The van der Waals surface area contributed by atoms with Crippen LogP contribution in [0.2, 0.25) is 0 Å². The standard InChI is InChI=1S/C37H51N3O2/c1-24(2)26(4)13-14-27(5)29-15-16-30-34(29,6)19-18-31-35(7)20-17-25(3)23-36(35)21-22-37(30,31)40-33(42)38(32(41)39(36)40)28-11-9-8-10-12-28/h8-14,21-22,24-27,29-31H,15-20,23H2,1-7H3/b14-13+. The highest BCUT2D eigenvalue weighted by Crippen LogP contribution is 2.74. The summed E-state index contributed by atoms with van der Waals surface area (Å²) in [6.07, 6.45) is 17.7. The number of nitrogens with zero attached hydrogens (tertiary/aromatic N) is 3. The lowest BCUT2D eigenvalue weighted by Crippen LogP contribution is -2.76. The topological polar surface area (TPSA) is 48.9 Å². The fourth-order valence-corrected chi connectivity index (χ4v) is 11.3. The highest BCUT2D eigenvalue weighted by Gasteiger charge is 2.74. The van der Waals surface area contributed by atoms with Gasteiger partial charge in [-0.15, -0.1) is 0 Å². The molecule has 2 aromatic rings. The maximum atomic E-state index is 14.7. The Morgan fingerprint density at radius 2 is 1.55 bits per heavy atom. The van der Waals surface area contributed by atoms with Gasteiger partial charge in [0.25, 0.3) is 0 Å². The van der Waals surface area contributed by atoms with E-state index in [9.17, 15) is 9.59 Å². The summed E-state index contributed by atoms with van der Waals surface area (Å²) in [6.45, 7) is 16.7. The van der Waals surface area contributed by atoms with E-state index in [1.807, 2.05) is 39.7 Å². The lowest BCUT2D eigenvalue weighted by atomic mass is 9.40. The van der Waals surface area contributed by atoms with Crippen LogP contribution < -0.4 is 11.4 Å². The quantitative estimate of drug-likeness (QED) is 0.350. The molecular weight excluding hydrogens is 518 g/mol. The number of benzene rings is 1. The monoisotopic (exact) mass is 569 g/mol. The molecule has 0 N–H and O–H groups in total. The number of aromatic nitrogens is 3. The van der Waals surface area contributed by atoms with Crippen molar-refractivity contribution in [2.45, 2.75) is 104 Å². The van der Waals surface area contributed by atoms with E-state index in [1.165, 1.54) is 23.8 Å². The van der Waals surface area contributed by atoms with E-state index in [2.05, 4.69) is 72.8 Å². The summed E-state index contributed by atoms with van der Waals surface area (Å²) >= 11 is 0. The summed E-state index contributed by atoms with van der Waals surface area (Å²) in [6, 6.07) is 9.61. The zero-order valence-electron chi connectivity index (χ0n) is 26.8. The molecule has 5 nitrogen and oxygen atoms in total. The van der Waals surface area contributed by atoms with Crippen LogP contribution in [-0.2, 0) is 11.1 Å². The molecule has 2 bridgehead atoms. The third-order valence-electron chi connectivity index (χ3n) is 13.8. The van der Waals surface area contributed by atoms with Crippen LogP contribution in [0.15, 0.2) is 64.2 Å². The zero-order chi connectivity index (χ0) is 29.8. The molecule has 3 heterocycles. The summed E-state index contributed by atoms with van der Waals surface area (Å²) < 4.78 is 5.52. The summed E-state index contributed by atoms with van der Waals surface area (Å²) in [5, 5.41) is 0. The predicted octanol–water partition coefficient (Wildman–Crippen LogP) is 7.53. The van der Waals surface area contributed by atoms with Crippen molar-refractivity contribution in [3.05, 3.63) is 75.6 Å². The molecule has 4 aliphatic carbocycles. The van der Waals surface area contributed by atoms with Gasteiger partial charge in [-0.1, -0.05) is 91.0 Å². The summed E-state index contributed by atoms with van der Waals surface area (Å²) in [7, 11) is 0. The number of fused-ring (bicyclic) bond motifs is 1. The molecule has 1 aromatic heterocycles. The molecule has 3 fully saturated rings. The van der Waals surface area contributed by atoms with Crippen molar-refractivity contribution in [2.75, 3.05) is 0 Å². The normalized spacial score (nSPS) is 41.4. The maximum Gasteiger partial charge on any atom is 0.352 e. The second kappa shape index (κ2) is 9.22. The van der Waals surface area contributed by atoms with Gasteiger partial charge < -0.3 is 0 Å². The maximum absolute atomic E-state index is 14.7. The van der Waals surface area contributed by atoms with Crippen LogP contribution in [-0.4, -0.2) is 13.9 Å². The molecule has 0 amide bonds. The largest absolute Gasteiger partial charge is 0.352 e. The van der Waals surface area contributed by atoms with Crippen LogP contribution in [0.25, 0.3) is 5.69 Å². The number of hydrogen-bond donors (Lipinski definition) is 0. The lowest BCUT2D eigenvalue weighted by Gasteiger charge is -2.71. The van der Waals surface area contributed by atoms with E-state index in [0.29, 0.717) is 47.1 Å². The average Bonchev–Trinajstić information content (AvgIpc) is 3.46. The van der Waals surface area contributed by atoms with Crippen molar-refractivity contribution in [3.63, 3.8) is 0 Å². The van der Waals surface area contributed by atoms with Gasteiger partial charge in [0.1, 0.15) is 0 Å². The fraction of sp³-hybridized carbons (Fsp3) is 0.676. The smallest absolute Gasteiger partial charge is 0.245 e. The van der Waals surface area contributed by atoms with Crippen molar-refractivity contribution in [1.29, 1.82) is 0 Å². The Hall–Kier alpha value is -2.56. The van der Waals surface area contributed by atoms with Gasteiger partial charge in [0.15, 0.2) is 0 Å². The SMILES string of the molecule is CC1CCC2(C)C3CCC4(C)C(C(C)/C=C/C(C)C(C)C)CCC4C34C=CC2(C1)n1c(=O)n(-c2ccccc2)c(=O)n14. The zero-order valence-corrected chi connectivity index (χ0v) is 26.8. The number of hydrogen-bond acceptors (Lipinski definition) is 2. The van der Waals surface area contributed by atoms with Crippen LogP contribution >= 0.6 is 0 Å². The van der Waals surface area contributed by atoms with Gasteiger partial charge in [-0.05, 0) is 104 Å². The summed E-state index contributed by atoms with van der Waals surface area (Å²) in [5.74, 6) is 3.46.